The molecule has 0 atom stereocenters. The van der Waals surface area contributed by atoms with Crippen LogP contribution in [0, 0.1) is 0 Å². The molecule has 9 heteroatoms. The largest absolute Gasteiger partial charge is 0.464 e. The van der Waals surface area contributed by atoms with Crippen molar-refractivity contribution in [1.29, 1.82) is 0 Å². The Morgan fingerprint density at radius 2 is 1.88 bits per heavy atom. The number of hydrogen-bond donors (Lipinski definition) is 0. The van der Waals surface area contributed by atoms with Crippen molar-refractivity contribution in [3.63, 3.8) is 0 Å². The number of hydrogen-bond acceptors (Lipinski definition) is 8. The lowest BCUT2D eigenvalue weighted by Gasteiger charge is -2.28. The molecule has 1 saturated heterocycles. The lowest BCUT2D eigenvalue weighted by Crippen LogP contribution is -2.36. The molecule has 0 radical (unpaired) electrons. The minimum atomic E-state index is 0.458. The Morgan fingerprint density at radius 3 is 2.76 bits per heavy atom. The first-order valence-corrected chi connectivity index (χ1v) is 10.8. The number of morpholine rings is 1. The Labute approximate surface area is 189 Å². The van der Waals surface area contributed by atoms with Crippen molar-refractivity contribution in [3.8, 4) is 11.3 Å². The van der Waals surface area contributed by atoms with Gasteiger partial charge in [-0.1, -0.05) is 6.07 Å². The van der Waals surface area contributed by atoms with Crippen LogP contribution >= 0.6 is 0 Å². The molecule has 0 amide bonds. The number of rotatable bonds is 5. The Hall–Kier alpha value is -4.11. The number of azo groups is 1. The Bertz CT molecular complexity index is 1440. The van der Waals surface area contributed by atoms with Crippen LogP contribution in [-0.4, -0.2) is 45.9 Å². The second-order valence-corrected chi connectivity index (χ2v) is 7.81. The van der Waals surface area contributed by atoms with Gasteiger partial charge in [0.05, 0.1) is 43.6 Å². The highest BCUT2D eigenvalue weighted by Crippen LogP contribution is 2.29. The van der Waals surface area contributed by atoms with E-state index in [2.05, 4.69) is 31.3 Å². The van der Waals surface area contributed by atoms with E-state index < -0.39 is 0 Å². The van der Waals surface area contributed by atoms with Gasteiger partial charge in [0, 0.05) is 42.5 Å². The molecule has 0 bridgehead atoms. The molecular weight excluding hydrogens is 418 g/mol. The van der Waals surface area contributed by atoms with Gasteiger partial charge in [0.15, 0.2) is 11.5 Å². The van der Waals surface area contributed by atoms with Crippen molar-refractivity contribution >= 4 is 28.1 Å². The second kappa shape index (κ2) is 8.44. The number of furan rings is 1. The summed E-state index contributed by atoms with van der Waals surface area (Å²) in [7, 11) is 0. The molecule has 9 nitrogen and oxygen atoms in total. The van der Waals surface area contributed by atoms with Gasteiger partial charge in [0.25, 0.3) is 0 Å². The summed E-state index contributed by atoms with van der Waals surface area (Å²) in [4.78, 5) is 11.2. The van der Waals surface area contributed by atoms with Gasteiger partial charge in [-0.25, -0.2) is 9.50 Å². The summed E-state index contributed by atoms with van der Waals surface area (Å²) in [6.45, 7) is 3.40. The van der Waals surface area contributed by atoms with Crippen LogP contribution in [0.15, 0.2) is 82.0 Å². The number of anilines is 1. The second-order valence-electron chi connectivity index (χ2n) is 7.81. The van der Waals surface area contributed by atoms with Crippen molar-refractivity contribution < 1.29 is 9.15 Å². The van der Waals surface area contributed by atoms with Gasteiger partial charge in [-0.15, -0.1) is 10.2 Å². The molecule has 0 unspecified atom stereocenters. The molecule has 1 aromatic carbocycles. The van der Waals surface area contributed by atoms with E-state index in [-0.39, 0.29) is 0 Å². The smallest absolute Gasteiger partial charge is 0.196 e. The predicted molar refractivity (Wildman–Crippen MR) is 124 cm³/mol. The van der Waals surface area contributed by atoms with E-state index in [0.717, 1.165) is 52.2 Å². The van der Waals surface area contributed by atoms with E-state index in [1.54, 1.807) is 23.2 Å². The minimum Gasteiger partial charge on any atom is -0.464 e. The molecule has 0 saturated carbocycles. The molecule has 5 heterocycles. The molecule has 33 heavy (non-hydrogen) atoms. The van der Waals surface area contributed by atoms with Crippen LogP contribution in [0.1, 0.15) is 5.56 Å². The summed E-state index contributed by atoms with van der Waals surface area (Å²) in [6, 6.07) is 13.8. The lowest BCUT2D eigenvalue weighted by molar-refractivity contribution is 0.123. The highest BCUT2D eigenvalue weighted by atomic mass is 16.5. The Balaban J connectivity index is 1.34. The average molecular weight is 439 g/mol. The highest BCUT2D eigenvalue weighted by molar-refractivity contribution is 5.77. The van der Waals surface area contributed by atoms with Gasteiger partial charge in [0.2, 0.25) is 0 Å². The van der Waals surface area contributed by atoms with Crippen molar-refractivity contribution in [2.45, 2.75) is 6.54 Å². The molecule has 0 aliphatic carbocycles. The highest BCUT2D eigenvalue weighted by Gasteiger charge is 2.19. The number of benzene rings is 1. The third-order valence-corrected chi connectivity index (χ3v) is 5.66. The number of fused-ring (bicyclic) bond motifs is 2. The monoisotopic (exact) mass is 439 g/mol. The standard InChI is InChI=1S/C24H21N7O2/c1-2-22-19(5-10-33-22)13-17(1)15-26-28-23-14-21(30-8-11-32-12-9-30)24-27-20(16-31(24)29-23)18-3-6-25-7-4-18/h1-7,10,13-14,16H,8-9,11-12,15H2. The summed E-state index contributed by atoms with van der Waals surface area (Å²) < 4.78 is 12.7. The first kappa shape index (κ1) is 19.6. The summed E-state index contributed by atoms with van der Waals surface area (Å²) >= 11 is 0. The maximum Gasteiger partial charge on any atom is 0.196 e. The van der Waals surface area contributed by atoms with Crippen molar-refractivity contribution in [1.82, 2.24) is 19.6 Å². The third kappa shape index (κ3) is 3.94. The van der Waals surface area contributed by atoms with Crippen LogP contribution in [0.25, 0.3) is 27.9 Å². The first-order valence-electron chi connectivity index (χ1n) is 10.8. The molecule has 0 N–H and O–H groups in total. The van der Waals surface area contributed by atoms with Crippen LogP contribution in [-0.2, 0) is 11.3 Å². The molecule has 0 spiro atoms. The van der Waals surface area contributed by atoms with Crippen molar-refractivity contribution in [2.75, 3.05) is 31.2 Å². The molecular formula is C24H21N7O2. The van der Waals surface area contributed by atoms with Crippen LogP contribution in [0.4, 0.5) is 11.5 Å². The third-order valence-electron chi connectivity index (χ3n) is 5.66. The molecule has 1 aliphatic rings. The zero-order valence-electron chi connectivity index (χ0n) is 17.8. The van der Waals surface area contributed by atoms with Crippen LogP contribution in [0.5, 0.6) is 0 Å². The Morgan fingerprint density at radius 1 is 1.00 bits per heavy atom. The normalized spacial score (nSPS) is 14.6. The van der Waals surface area contributed by atoms with E-state index in [4.69, 9.17) is 14.1 Å². The van der Waals surface area contributed by atoms with Gasteiger partial charge in [-0.05, 0) is 35.9 Å². The lowest BCUT2D eigenvalue weighted by atomic mass is 10.2. The van der Waals surface area contributed by atoms with Crippen LogP contribution in [0.3, 0.4) is 0 Å². The van der Waals surface area contributed by atoms with E-state index in [1.807, 2.05) is 42.6 Å². The zero-order chi connectivity index (χ0) is 22.0. The fourth-order valence-electron chi connectivity index (χ4n) is 4.00. The topological polar surface area (TPSA) is 93.4 Å². The minimum absolute atomic E-state index is 0.458. The quantitative estimate of drug-likeness (QED) is 0.370. The number of imidazole rings is 1. The summed E-state index contributed by atoms with van der Waals surface area (Å²) in [5.41, 5.74) is 5.51. The number of aromatic nitrogens is 4. The number of ether oxygens (including phenoxy) is 1. The SMILES string of the molecule is c1cc(-c2cn3nc(N=NCc4ccc5occc5c4)cc(N4CCOCC4)c3n2)ccn1. The molecule has 5 aromatic rings. The molecule has 1 fully saturated rings. The van der Waals surface area contributed by atoms with Gasteiger partial charge >= 0.3 is 0 Å². The molecule has 1 aliphatic heterocycles. The first-order chi connectivity index (χ1) is 16.3. The summed E-state index contributed by atoms with van der Waals surface area (Å²) in [5, 5.41) is 14.5. The molecule has 4 aromatic heterocycles. The predicted octanol–water partition coefficient (Wildman–Crippen LogP) is 4.66. The van der Waals surface area contributed by atoms with Crippen LogP contribution in [0.2, 0.25) is 0 Å². The van der Waals surface area contributed by atoms with Gasteiger partial charge in [-0.2, -0.15) is 5.11 Å². The maximum absolute atomic E-state index is 5.54. The van der Waals surface area contributed by atoms with E-state index in [1.165, 1.54) is 0 Å². The maximum atomic E-state index is 5.54. The number of pyridine rings is 1. The van der Waals surface area contributed by atoms with E-state index in [0.29, 0.717) is 25.6 Å². The average Bonchev–Trinajstić information content (AvgIpc) is 3.51. The molecule has 6 rings (SSSR count). The van der Waals surface area contributed by atoms with Gasteiger partial charge in [-0.3, -0.25) is 4.98 Å². The zero-order valence-corrected chi connectivity index (χ0v) is 17.8. The summed E-state index contributed by atoms with van der Waals surface area (Å²) in [5.74, 6) is 0.534. The van der Waals surface area contributed by atoms with Gasteiger partial charge < -0.3 is 14.1 Å². The molecule has 164 valence electrons. The fraction of sp³-hybridized carbons (Fsp3) is 0.208. The van der Waals surface area contributed by atoms with Crippen molar-refractivity contribution in [3.05, 3.63) is 72.9 Å². The van der Waals surface area contributed by atoms with Crippen LogP contribution < -0.4 is 4.90 Å². The van der Waals surface area contributed by atoms with Gasteiger partial charge in [0.1, 0.15) is 5.58 Å². The van der Waals surface area contributed by atoms with E-state index >= 15 is 0 Å². The summed E-state index contributed by atoms with van der Waals surface area (Å²) in [6.07, 6.45) is 7.13. The fourth-order valence-corrected chi connectivity index (χ4v) is 4.00. The number of nitrogens with zero attached hydrogens (tertiary/aromatic N) is 7. The van der Waals surface area contributed by atoms with E-state index in [9.17, 15) is 0 Å². The van der Waals surface area contributed by atoms with Crippen molar-refractivity contribution in [2.24, 2.45) is 10.2 Å². The Kier molecular flexibility index (Phi) is 5.00.